The third-order valence-corrected chi connectivity index (χ3v) is 1.13. The van der Waals surface area contributed by atoms with Gasteiger partial charge in [0.25, 0.3) is 0 Å². The van der Waals surface area contributed by atoms with E-state index in [0.29, 0.717) is 20.0 Å². The number of nitrogens with one attached hydrogen (secondary N) is 2. The Balaban J connectivity index is 2.31. The molecule has 1 saturated heterocycles. The predicted octanol–water partition coefficient (Wildman–Crippen LogP) is -0.968. The SMILES string of the molecule is O=C(O)N1CNCNC1. The Hall–Kier alpha value is -0.810. The highest BCUT2D eigenvalue weighted by atomic mass is 16.4. The van der Waals surface area contributed by atoms with Gasteiger partial charge in [0.15, 0.2) is 0 Å². The highest BCUT2D eigenvalue weighted by Crippen LogP contribution is 1.86. The van der Waals surface area contributed by atoms with Crippen LogP contribution in [0.25, 0.3) is 0 Å². The van der Waals surface area contributed by atoms with E-state index in [4.69, 9.17) is 5.11 Å². The second-order valence-corrected chi connectivity index (χ2v) is 1.82. The van der Waals surface area contributed by atoms with Gasteiger partial charge in [0.2, 0.25) is 0 Å². The minimum Gasteiger partial charge on any atom is -0.465 e. The maximum Gasteiger partial charge on any atom is 0.409 e. The molecule has 0 atom stereocenters. The molecule has 1 fully saturated rings. The largest absolute Gasteiger partial charge is 0.465 e. The molecule has 0 aromatic carbocycles. The quantitative estimate of drug-likeness (QED) is 0.396. The molecule has 1 amide bonds. The molecule has 0 radical (unpaired) electrons. The zero-order valence-electron chi connectivity index (χ0n) is 4.92. The zero-order chi connectivity index (χ0) is 6.69. The minimum atomic E-state index is -0.894. The summed E-state index contributed by atoms with van der Waals surface area (Å²) >= 11 is 0. The number of amides is 1. The fraction of sp³-hybridized carbons (Fsp3) is 0.750. The maximum atomic E-state index is 10.2. The molecule has 52 valence electrons. The van der Waals surface area contributed by atoms with Gasteiger partial charge in [-0.05, 0) is 0 Å². The van der Waals surface area contributed by atoms with Crippen molar-refractivity contribution >= 4 is 6.09 Å². The van der Waals surface area contributed by atoms with Crippen LogP contribution in [-0.4, -0.2) is 36.1 Å². The average Bonchev–Trinajstić information content (AvgIpc) is 1.90. The summed E-state index contributed by atoms with van der Waals surface area (Å²) in [7, 11) is 0. The molecule has 1 aliphatic rings. The van der Waals surface area contributed by atoms with Crippen molar-refractivity contribution in [2.75, 3.05) is 20.0 Å². The second-order valence-electron chi connectivity index (χ2n) is 1.82. The number of carboxylic acid groups (broad SMARTS) is 1. The number of hydrogen-bond acceptors (Lipinski definition) is 3. The summed E-state index contributed by atoms with van der Waals surface area (Å²) in [4.78, 5) is 11.5. The summed E-state index contributed by atoms with van der Waals surface area (Å²) in [5.41, 5.74) is 0. The third-order valence-electron chi connectivity index (χ3n) is 1.13. The van der Waals surface area contributed by atoms with E-state index in [1.807, 2.05) is 0 Å². The van der Waals surface area contributed by atoms with Gasteiger partial charge in [-0.2, -0.15) is 0 Å². The predicted molar refractivity (Wildman–Crippen MR) is 30.7 cm³/mol. The lowest BCUT2D eigenvalue weighted by molar-refractivity contribution is 0.125. The lowest BCUT2D eigenvalue weighted by Gasteiger charge is -2.25. The van der Waals surface area contributed by atoms with E-state index in [1.165, 1.54) is 4.90 Å². The molecule has 0 bridgehead atoms. The van der Waals surface area contributed by atoms with E-state index in [0.717, 1.165) is 0 Å². The third kappa shape index (κ3) is 1.55. The Bertz CT molecular complexity index is 110. The van der Waals surface area contributed by atoms with Crippen LogP contribution in [0.4, 0.5) is 4.79 Å². The van der Waals surface area contributed by atoms with E-state index in [1.54, 1.807) is 0 Å². The van der Waals surface area contributed by atoms with Crippen LogP contribution < -0.4 is 10.6 Å². The first-order valence-electron chi connectivity index (χ1n) is 2.70. The molecule has 0 aromatic rings. The van der Waals surface area contributed by atoms with E-state index in [2.05, 4.69) is 10.6 Å². The molecule has 9 heavy (non-hydrogen) atoms. The summed E-state index contributed by atoms with van der Waals surface area (Å²) in [6, 6.07) is 0. The highest BCUT2D eigenvalue weighted by Gasteiger charge is 2.12. The van der Waals surface area contributed by atoms with Gasteiger partial charge >= 0.3 is 6.09 Å². The molecule has 5 heteroatoms. The zero-order valence-corrected chi connectivity index (χ0v) is 4.92. The summed E-state index contributed by atoms with van der Waals surface area (Å²) in [5.74, 6) is 0. The van der Waals surface area contributed by atoms with E-state index in [9.17, 15) is 4.79 Å². The van der Waals surface area contributed by atoms with Crippen LogP contribution in [0.15, 0.2) is 0 Å². The molecule has 1 heterocycles. The van der Waals surface area contributed by atoms with Crippen molar-refractivity contribution in [3.63, 3.8) is 0 Å². The molecular formula is C4H9N3O2. The van der Waals surface area contributed by atoms with Gasteiger partial charge in [-0.15, -0.1) is 0 Å². The molecule has 0 unspecified atom stereocenters. The number of hydrogen-bond donors (Lipinski definition) is 3. The Kier molecular flexibility index (Phi) is 1.86. The minimum absolute atomic E-state index is 0.419. The van der Waals surface area contributed by atoms with Crippen LogP contribution in [0.3, 0.4) is 0 Å². The smallest absolute Gasteiger partial charge is 0.409 e. The monoisotopic (exact) mass is 131 g/mol. The van der Waals surface area contributed by atoms with Gasteiger partial charge < -0.3 is 5.11 Å². The van der Waals surface area contributed by atoms with Crippen molar-refractivity contribution in [2.24, 2.45) is 0 Å². The van der Waals surface area contributed by atoms with Crippen LogP contribution in [0.1, 0.15) is 0 Å². The summed E-state index contributed by atoms with van der Waals surface area (Å²) in [5, 5.41) is 14.1. The van der Waals surface area contributed by atoms with Gasteiger partial charge in [-0.25, -0.2) is 4.79 Å². The Morgan fingerprint density at radius 2 is 2.00 bits per heavy atom. The highest BCUT2D eigenvalue weighted by molar-refractivity contribution is 5.64. The molecule has 1 aliphatic heterocycles. The molecule has 0 spiro atoms. The van der Waals surface area contributed by atoms with Crippen molar-refractivity contribution in [2.45, 2.75) is 0 Å². The van der Waals surface area contributed by atoms with Crippen LogP contribution in [0, 0.1) is 0 Å². The average molecular weight is 131 g/mol. The Labute approximate surface area is 52.6 Å². The molecule has 3 N–H and O–H groups in total. The molecule has 0 saturated carbocycles. The van der Waals surface area contributed by atoms with Crippen molar-refractivity contribution < 1.29 is 9.90 Å². The summed E-state index contributed by atoms with van der Waals surface area (Å²) < 4.78 is 0. The summed E-state index contributed by atoms with van der Waals surface area (Å²) in [6.45, 7) is 1.52. The number of rotatable bonds is 0. The second kappa shape index (κ2) is 2.65. The fourth-order valence-corrected chi connectivity index (χ4v) is 0.661. The Morgan fingerprint density at radius 1 is 1.44 bits per heavy atom. The van der Waals surface area contributed by atoms with Crippen LogP contribution in [0.2, 0.25) is 0 Å². The number of carbonyl (C=O) groups is 1. The van der Waals surface area contributed by atoms with Gasteiger partial charge in [0.05, 0.1) is 13.3 Å². The van der Waals surface area contributed by atoms with E-state index in [-0.39, 0.29) is 0 Å². The molecule has 0 aromatic heterocycles. The van der Waals surface area contributed by atoms with Crippen LogP contribution >= 0.6 is 0 Å². The van der Waals surface area contributed by atoms with Gasteiger partial charge in [-0.1, -0.05) is 0 Å². The molecular weight excluding hydrogens is 122 g/mol. The first-order chi connectivity index (χ1) is 4.30. The standard InChI is InChI=1S/C4H9N3O2/c8-4(9)7-2-5-1-6-3-7/h5-6H,1-3H2,(H,8,9). The van der Waals surface area contributed by atoms with E-state index < -0.39 is 6.09 Å². The molecule has 1 rings (SSSR count). The lowest BCUT2D eigenvalue weighted by Crippen LogP contribution is -2.52. The first-order valence-corrected chi connectivity index (χ1v) is 2.70. The van der Waals surface area contributed by atoms with Gasteiger partial charge in [0, 0.05) is 6.67 Å². The maximum absolute atomic E-state index is 10.2. The summed E-state index contributed by atoms with van der Waals surface area (Å²) in [6.07, 6.45) is -0.894. The normalized spacial score (nSPS) is 19.8. The van der Waals surface area contributed by atoms with Crippen molar-refractivity contribution in [1.29, 1.82) is 0 Å². The number of nitrogens with zero attached hydrogens (tertiary/aromatic N) is 1. The Morgan fingerprint density at radius 3 is 2.33 bits per heavy atom. The van der Waals surface area contributed by atoms with Crippen molar-refractivity contribution in [3.8, 4) is 0 Å². The van der Waals surface area contributed by atoms with Gasteiger partial charge in [-0.3, -0.25) is 15.5 Å². The lowest BCUT2D eigenvalue weighted by atomic mass is 10.7. The van der Waals surface area contributed by atoms with Crippen molar-refractivity contribution in [3.05, 3.63) is 0 Å². The van der Waals surface area contributed by atoms with Crippen molar-refractivity contribution in [1.82, 2.24) is 15.5 Å². The molecule has 5 nitrogen and oxygen atoms in total. The molecule has 0 aliphatic carbocycles. The van der Waals surface area contributed by atoms with Crippen LogP contribution in [0.5, 0.6) is 0 Å². The van der Waals surface area contributed by atoms with Crippen LogP contribution in [-0.2, 0) is 0 Å². The van der Waals surface area contributed by atoms with E-state index >= 15 is 0 Å². The topological polar surface area (TPSA) is 64.6 Å². The fourth-order valence-electron chi connectivity index (χ4n) is 0.661. The van der Waals surface area contributed by atoms with Gasteiger partial charge in [0.1, 0.15) is 0 Å². The first kappa shape index (κ1) is 6.31.